The Bertz CT molecular complexity index is 1530. The van der Waals surface area contributed by atoms with Crippen LogP contribution in [0.25, 0.3) is 0 Å². The normalized spacial score (nSPS) is 18.0. The van der Waals surface area contributed by atoms with E-state index in [4.69, 9.17) is 32.7 Å². The monoisotopic (exact) mass is 618 g/mol. The average Bonchev–Trinajstić information content (AvgIpc) is 3.72. The highest BCUT2D eigenvalue weighted by Crippen LogP contribution is 2.33. The predicted molar refractivity (Wildman–Crippen MR) is 154 cm³/mol. The third-order valence-electron chi connectivity index (χ3n) is 6.53. The molecule has 14 heteroatoms. The molecule has 10 nitrogen and oxygen atoms in total. The number of benzene rings is 2. The summed E-state index contributed by atoms with van der Waals surface area (Å²) >= 11 is 14.8. The molecule has 2 aromatic heterocycles. The second-order valence-corrected chi connectivity index (χ2v) is 12.5. The fourth-order valence-corrected chi connectivity index (χ4v) is 6.55. The molecule has 3 atom stereocenters. The van der Waals surface area contributed by atoms with Gasteiger partial charge in [0.1, 0.15) is 27.6 Å². The first-order chi connectivity index (χ1) is 19.4. The third-order valence-corrected chi connectivity index (χ3v) is 8.81. The Morgan fingerprint density at radius 3 is 2.20 bits per heavy atom. The standard InChI is InChI=1S/C26H24Cl2N6O4S2/c27-15-5-7-17-13(9-15)11-19(37-17)23(35)29-25-33-31-21(39-25)3-1-2-4-22-32-34-26(40-22)30-24(36)20-12-14-10-16(28)6-8-18(14)38-20/h5-10,19-20,23,35H,1-4,11-12H2,(H,29,33)(H,30,34,36). The molecule has 0 aliphatic carbocycles. The number of carbonyl (C=O) groups is 1. The van der Waals surface area contributed by atoms with Crippen LogP contribution < -0.4 is 20.1 Å². The van der Waals surface area contributed by atoms with Gasteiger partial charge in [-0.25, -0.2) is 0 Å². The zero-order valence-corrected chi connectivity index (χ0v) is 24.1. The number of aromatic nitrogens is 4. The second-order valence-electron chi connectivity index (χ2n) is 9.46. The van der Waals surface area contributed by atoms with Gasteiger partial charge in [0.15, 0.2) is 12.3 Å². The van der Waals surface area contributed by atoms with E-state index in [1.165, 1.54) is 22.7 Å². The number of aryl methyl sites for hydroxylation is 2. The Labute approximate surface area is 247 Å². The van der Waals surface area contributed by atoms with Gasteiger partial charge in [-0.1, -0.05) is 45.9 Å². The van der Waals surface area contributed by atoms with Gasteiger partial charge in [0.05, 0.1) is 0 Å². The summed E-state index contributed by atoms with van der Waals surface area (Å²) in [5.74, 6) is 1.16. The quantitative estimate of drug-likeness (QED) is 0.167. The van der Waals surface area contributed by atoms with Crippen molar-refractivity contribution in [1.29, 1.82) is 0 Å². The summed E-state index contributed by atoms with van der Waals surface area (Å²) in [6.07, 6.45) is 2.32. The molecule has 40 heavy (non-hydrogen) atoms. The molecule has 0 radical (unpaired) electrons. The Balaban J connectivity index is 0.912. The molecule has 2 aliphatic rings. The van der Waals surface area contributed by atoms with E-state index in [1.54, 1.807) is 18.2 Å². The minimum Gasteiger partial charge on any atom is -0.485 e. The van der Waals surface area contributed by atoms with Gasteiger partial charge in [0, 0.05) is 35.7 Å². The molecule has 0 spiro atoms. The SMILES string of the molecule is O=C(Nc1nnc(CCCCc2nnc(NC(O)C3Cc4cc(Cl)ccc4O3)s2)s1)C1Cc2cc(Cl)ccc2O1. The van der Waals surface area contributed by atoms with Gasteiger partial charge in [0.2, 0.25) is 10.3 Å². The lowest BCUT2D eigenvalue weighted by atomic mass is 10.1. The maximum absolute atomic E-state index is 12.6. The van der Waals surface area contributed by atoms with Gasteiger partial charge < -0.3 is 19.9 Å². The largest absolute Gasteiger partial charge is 0.485 e. The molecule has 0 bridgehead atoms. The molecule has 2 aliphatic heterocycles. The number of hydrogen-bond acceptors (Lipinski definition) is 11. The van der Waals surface area contributed by atoms with E-state index < -0.39 is 18.4 Å². The summed E-state index contributed by atoms with van der Waals surface area (Å²) in [5.41, 5.74) is 1.89. The lowest BCUT2D eigenvalue weighted by molar-refractivity contribution is -0.122. The number of aliphatic hydroxyl groups excluding tert-OH is 1. The number of nitrogens with zero attached hydrogens (tertiary/aromatic N) is 4. The maximum Gasteiger partial charge on any atom is 0.267 e. The minimum absolute atomic E-state index is 0.255. The van der Waals surface area contributed by atoms with Crippen molar-refractivity contribution >= 4 is 62.0 Å². The zero-order valence-electron chi connectivity index (χ0n) is 21.0. The first-order valence-corrected chi connectivity index (χ1v) is 15.1. The molecule has 1 amide bonds. The highest BCUT2D eigenvalue weighted by atomic mass is 35.5. The van der Waals surface area contributed by atoms with Crippen molar-refractivity contribution in [2.45, 2.75) is 57.0 Å². The first-order valence-electron chi connectivity index (χ1n) is 12.7. The van der Waals surface area contributed by atoms with E-state index in [1.807, 2.05) is 18.2 Å². The van der Waals surface area contributed by atoms with Crippen LogP contribution in [0.1, 0.15) is 34.0 Å². The molecule has 2 aromatic carbocycles. The number of nitrogens with one attached hydrogen (secondary N) is 2. The van der Waals surface area contributed by atoms with Crippen molar-refractivity contribution in [3.05, 3.63) is 67.6 Å². The fourth-order valence-electron chi connectivity index (χ4n) is 4.56. The summed E-state index contributed by atoms with van der Waals surface area (Å²) in [7, 11) is 0. The molecule has 4 aromatic rings. The number of ether oxygens (including phenoxy) is 2. The number of halogens is 2. The van der Waals surface area contributed by atoms with Gasteiger partial charge in [-0.05, 0) is 60.4 Å². The molecule has 0 saturated carbocycles. The van der Waals surface area contributed by atoms with Gasteiger partial charge >= 0.3 is 0 Å². The van der Waals surface area contributed by atoms with E-state index in [9.17, 15) is 9.90 Å². The minimum atomic E-state index is -0.923. The summed E-state index contributed by atoms with van der Waals surface area (Å²) in [6, 6.07) is 10.8. The third kappa shape index (κ3) is 6.31. The maximum atomic E-state index is 12.6. The lowest BCUT2D eigenvalue weighted by Gasteiger charge is -2.18. The molecular formula is C26H24Cl2N6O4S2. The summed E-state index contributed by atoms with van der Waals surface area (Å²) < 4.78 is 11.6. The number of anilines is 2. The van der Waals surface area contributed by atoms with Crippen LogP contribution in [0.2, 0.25) is 10.0 Å². The second kappa shape index (κ2) is 11.8. The van der Waals surface area contributed by atoms with E-state index in [0.717, 1.165) is 52.6 Å². The molecule has 208 valence electrons. The van der Waals surface area contributed by atoms with E-state index in [-0.39, 0.29) is 5.91 Å². The highest BCUT2D eigenvalue weighted by Gasteiger charge is 2.31. The van der Waals surface area contributed by atoms with E-state index in [2.05, 4.69) is 31.0 Å². The zero-order chi connectivity index (χ0) is 27.6. The van der Waals surface area contributed by atoms with Crippen molar-refractivity contribution < 1.29 is 19.4 Å². The Kier molecular flexibility index (Phi) is 8.03. The number of fused-ring (bicyclic) bond motifs is 2. The molecule has 3 unspecified atom stereocenters. The first kappa shape index (κ1) is 27.2. The Morgan fingerprint density at radius 2 is 1.50 bits per heavy atom. The van der Waals surface area contributed by atoms with Gasteiger partial charge in [-0.2, -0.15) is 0 Å². The van der Waals surface area contributed by atoms with Crippen LogP contribution in [-0.2, 0) is 30.5 Å². The number of unbranched alkanes of at least 4 members (excludes halogenated alkanes) is 1. The van der Waals surface area contributed by atoms with Crippen molar-refractivity contribution in [1.82, 2.24) is 20.4 Å². The van der Waals surface area contributed by atoms with Gasteiger partial charge in [-0.3, -0.25) is 10.1 Å². The number of amides is 1. The Hall–Kier alpha value is -3.03. The summed E-state index contributed by atoms with van der Waals surface area (Å²) in [6.45, 7) is 0. The lowest BCUT2D eigenvalue weighted by Crippen LogP contribution is -2.36. The predicted octanol–water partition coefficient (Wildman–Crippen LogP) is 4.94. The van der Waals surface area contributed by atoms with Gasteiger partial charge in [0.25, 0.3) is 5.91 Å². The van der Waals surface area contributed by atoms with Crippen molar-refractivity contribution in [3.8, 4) is 11.5 Å². The molecular weight excluding hydrogens is 595 g/mol. The van der Waals surface area contributed by atoms with Gasteiger partial charge in [-0.15, -0.1) is 20.4 Å². The molecule has 4 heterocycles. The van der Waals surface area contributed by atoms with Crippen LogP contribution >= 0.6 is 45.9 Å². The molecule has 0 fully saturated rings. The van der Waals surface area contributed by atoms with E-state index in [0.29, 0.717) is 38.9 Å². The Morgan fingerprint density at radius 1 is 0.900 bits per heavy atom. The molecule has 3 N–H and O–H groups in total. The number of hydrogen-bond donors (Lipinski definition) is 3. The van der Waals surface area contributed by atoms with Crippen LogP contribution in [-0.4, -0.2) is 49.8 Å². The van der Waals surface area contributed by atoms with Crippen molar-refractivity contribution in [2.75, 3.05) is 10.6 Å². The summed E-state index contributed by atoms with van der Waals surface area (Å²) in [5, 5.41) is 37.0. The van der Waals surface area contributed by atoms with Crippen LogP contribution in [0.15, 0.2) is 36.4 Å². The highest BCUT2D eigenvalue weighted by molar-refractivity contribution is 7.15. The number of carbonyl (C=O) groups excluding carboxylic acids is 1. The molecule has 0 saturated heterocycles. The number of aliphatic hydroxyl groups is 1. The van der Waals surface area contributed by atoms with Crippen LogP contribution in [0.4, 0.5) is 10.3 Å². The van der Waals surface area contributed by atoms with E-state index >= 15 is 0 Å². The number of rotatable bonds is 10. The van der Waals surface area contributed by atoms with Crippen LogP contribution in [0.5, 0.6) is 11.5 Å². The smallest absolute Gasteiger partial charge is 0.267 e. The average molecular weight is 620 g/mol. The van der Waals surface area contributed by atoms with Crippen LogP contribution in [0, 0.1) is 0 Å². The fraction of sp³-hybridized carbons (Fsp3) is 0.346. The van der Waals surface area contributed by atoms with Crippen molar-refractivity contribution in [3.63, 3.8) is 0 Å². The summed E-state index contributed by atoms with van der Waals surface area (Å²) in [4.78, 5) is 12.6. The topological polar surface area (TPSA) is 131 Å². The van der Waals surface area contributed by atoms with Crippen molar-refractivity contribution in [2.24, 2.45) is 0 Å². The van der Waals surface area contributed by atoms with Crippen LogP contribution in [0.3, 0.4) is 0 Å². The molecule has 6 rings (SSSR count).